The van der Waals surface area contributed by atoms with Gasteiger partial charge in [-0.1, -0.05) is 6.92 Å². The Balaban J connectivity index is 1.99. The van der Waals surface area contributed by atoms with Crippen LogP contribution >= 0.6 is 11.8 Å². The first kappa shape index (κ1) is 13.3. The van der Waals surface area contributed by atoms with E-state index in [9.17, 15) is 0 Å². The molecule has 1 aliphatic rings. The fourth-order valence-electron chi connectivity index (χ4n) is 2.24. The largest absolute Gasteiger partial charge is 0.319 e. The maximum absolute atomic E-state index is 3.29. The second kappa shape index (κ2) is 8.43. The molecule has 1 rings (SSSR count). The Morgan fingerprint density at radius 2 is 2.07 bits per heavy atom. The molecular formula is C12H26N2S. The van der Waals surface area contributed by atoms with E-state index in [1.54, 1.807) is 0 Å². The van der Waals surface area contributed by atoms with Gasteiger partial charge in [0.2, 0.25) is 0 Å². The monoisotopic (exact) mass is 230 g/mol. The summed E-state index contributed by atoms with van der Waals surface area (Å²) in [5.74, 6) is 3.54. The van der Waals surface area contributed by atoms with Gasteiger partial charge in [0.15, 0.2) is 0 Å². The number of likely N-dealkylation sites (tertiary alicyclic amines) is 1. The highest BCUT2D eigenvalue weighted by molar-refractivity contribution is 7.99. The van der Waals surface area contributed by atoms with Crippen molar-refractivity contribution in [1.82, 2.24) is 10.2 Å². The van der Waals surface area contributed by atoms with E-state index in [0.717, 1.165) is 5.92 Å². The van der Waals surface area contributed by atoms with E-state index >= 15 is 0 Å². The minimum absolute atomic E-state index is 0.927. The van der Waals surface area contributed by atoms with Gasteiger partial charge in [0.25, 0.3) is 0 Å². The van der Waals surface area contributed by atoms with Gasteiger partial charge in [-0.3, -0.25) is 0 Å². The summed E-state index contributed by atoms with van der Waals surface area (Å²) in [6.45, 7) is 7.42. The van der Waals surface area contributed by atoms with Crippen molar-refractivity contribution in [2.24, 2.45) is 5.92 Å². The van der Waals surface area contributed by atoms with E-state index in [0.29, 0.717) is 0 Å². The third-order valence-electron chi connectivity index (χ3n) is 3.17. The van der Waals surface area contributed by atoms with Crippen LogP contribution < -0.4 is 5.32 Å². The molecule has 0 aromatic carbocycles. The Bertz CT molecular complexity index is 142. The predicted molar refractivity (Wildman–Crippen MR) is 70.7 cm³/mol. The van der Waals surface area contributed by atoms with Crippen LogP contribution in [0.25, 0.3) is 0 Å². The molecule has 15 heavy (non-hydrogen) atoms. The zero-order valence-corrected chi connectivity index (χ0v) is 11.1. The van der Waals surface area contributed by atoms with Crippen LogP contribution in [0.15, 0.2) is 0 Å². The Morgan fingerprint density at radius 1 is 1.33 bits per heavy atom. The van der Waals surface area contributed by atoms with Crippen LogP contribution in [0.1, 0.15) is 26.2 Å². The van der Waals surface area contributed by atoms with Crippen molar-refractivity contribution in [3.8, 4) is 0 Å². The Kier molecular flexibility index (Phi) is 7.49. The SMILES string of the molecule is CCSCCCN1CCC(CNC)CC1. The summed E-state index contributed by atoms with van der Waals surface area (Å²) in [4.78, 5) is 2.64. The highest BCUT2D eigenvalue weighted by Crippen LogP contribution is 2.16. The summed E-state index contributed by atoms with van der Waals surface area (Å²) in [5, 5.41) is 3.29. The van der Waals surface area contributed by atoms with Crippen LogP contribution in [0.4, 0.5) is 0 Å². The average Bonchev–Trinajstić information content (AvgIpc) is 2.27. The van der Waals surface area contributed by atoms with Crippen LogP contribution in [0, 0.1) is 5.92 Å². The Hall–Kier alpha value is 0.270. The van der Waals surface area contributed by atoms with Crippen molar-refractivity contribution in [1.29, 1.82) is 0 Å². The molecule has 90 valence electrons. The molecule has 0 saturated carbocycles. The first-order valence-corrected chi connectivity index (χ1v) is 7.47. The van der Waals surface area contributed by atoms with Gasteiger partial charge in [-0.05, 0) is 69.9 Å². The van der Waals surface area contributed by atoms with Gasteiger partial charge in [0, 0.05) is 0 Å². The molecule has 1 N–H and O–H groups in total. The lowest BCUT2D eigenvalue weighted by atomic mass is 9.97. The summed E-state index contributed by atoms with van der Waals surface area (Å²) in [5.41, 5.74) is 0. The molecule has 0 unspecified atom stereocenters. The third kappa shape index (κ3) is 5.79. The van der Waals surface area contributed by atoms with Gasteiger partial charge in [-0.25, -0.2) is 0 Å². The molecule has 0 amide bonds. The molecule has 0 aromatic rings. The lowest BCUT2D eigenvalue weighted by molar-refractivity contribution is 0.184. The van der Waals surface area contributed by atoms with E-state index in [4.69, 9.17) is 0 Å². The smallest absolute Gasteiger partial charge is 0.00109 e. The minimum atomic E-state index is 0.927. The fraction of sp³-hybridized carbons (Fsp3) is 1.00. The zero-order valence-electron chi connectivity index (χ0n) is 10.3. The zero-order chi connectivity index (χ0) is 10.9. The summed E-state index contributed by atoms with van der Waals surface area (Å²) in [6, 6.07) is 0. The van der Waals surface area contributed by atoms with E-state index in [1.807, 2.05) is 0 Å². The van der Waals surface area contributed by atoms with Crippen molar-refractivity contribution in [3.05, 3.63) is 0 Å². The number of thioether (sulfide) groups is 1. The fourth-order valence-corrected chi connectivity index (χ4v) is 2.86. The molecule has 0 aromatic heterocycles. The molecule has 3 heteroatoms. The van der Waals surface area contributed by atoms with Crippen LogP contribution in [-0.4, -0.2) is 49.6 Å². The molecule has 1 aliphatic heterocycles. The van der Waals surface area contributed by atoms with Gasteiger partial charge < -0.3 is 10.2 Å². The number of hydrogen-bond acceptors (Lipinski definition) is 3. The number of rotatable bonds is 7. The van der Waals surface area contributed by atoms with Crippen molar-refractivity contribution in [2.45, 2.75) is 26.2 Å². The van der Waals surface area contributed by atoms with E-state index in [2.05, 4.69) is 35.9 Å². The van der Waals surface area contributed by atoms with E-state index in [1.165, 1.54) is 56.9 Å². The second-order valence-corrected chi connectivity index (χ2v) is 5.79. The lowest BCUT2D eigenvalue weighted by Gasteiger charge is -2.31. The quantitative estimate of drug-likeness (QED) is 0.674. The van der Waals surface area contributed by atoms with Crippen LogP contribution in [0.2, 0.25) is 0 Å². The highest BCUT2D eigenvalue weighted by Gasteiger charge is 2.17. The topological polar surface area (TPSA) is 15.3 Å². The molecule has 0 radical (unpaired) electrons. The van der Waals surface area contributed by atoms with Crippen molar-refractivity contribution in [3.63, 3.8) is 0 Å². The standard InChI is InChI=1S/C12H26N2S/c1-3-15-10-4-7-14-8-5-12(6-9-14)11-13-2/h12-13H,3-11H2,1-2H3. The first-order valence-electron chi connectivity index (χ1n) is 6.31. The average molecular weight is 230 g/mol. The Morgan fingerprint density at radius 3 is 2.67 bits per heavy atom. The van der Waals surface area contributed by atoms with Crippen molar-refractivity contribution in [2.75, 3.05) is 44.7 Å². The van der Waals surface area contributed by atoms with Crippen LogP contribution in [-0.2, 0) is 0 Å². The molecule has 1 fully saturated rings. The summed E-state index contributed by atoms with van der Waals surface area (Å²) >= 11 is 2.07. The highest BCUT2D eigenvalue weighted by atomic mass is 32.2. The molecule has 1 saturated heterocycles. The molecule has 0 bridgehead atoms. The predicted octanol–water partition coefficient (Wildman–Crippen LogP) is 2.06. The number of nitrogens with one attached hydrogen (secondary N) is 1. The van der Waals surface area contributed by atoms with Crippen molar-refractivity contribution < 1.29 is 0 Å². The van der Waals surface area contributed by atoms with Gasteiger partial charge in [0.05, 0.1) is 0 Å². The molecule has 0 atom stereocenters. The molecule has 1 heterocycles. The normalized spacial score (nSPS) is 19.6. The second-order valence-electron chi connectivity index (χ2n) is 4.39. The molecule has 0 aliphatic carbocycles. The summed E-state index contributed by atoms with van der Waals surface area (Å²) in [7, 11) is 2.06. The first-order chi connectivity index (χ1) is 7.36. The van der Waals surface area contributed by atoms with Gasteiger partial charge >= 0.3 is 0 Å². The Labute approximate surface area is 99.2 Å². The number of nitrogens with zero attached hydrogens (tertiary/aromatic N) is 1. The molecular weight excluding hydrogens is 204 g/mol. The number of hydrogen-bond donors (Lipinski definition) is 1. The summed E-state index contributed by atoms with van der Waals surface area (Å²) < 4.78 is 0. The molecule has 0 spiro atoms. The maximum atomic E-state index is 3.29. The maximum Gasteiger partial charge on any atom is -0.00109 e. The third-order valence-corrected chi connectivity index (χ3v) is 4.15. The lowest BCUT2D eigenvalue weighted by Crippen LogP contribution is -2.37. The van der Waals surface area contributed by atoms with Crippen molar-refractivity contribution >= 4 is 11.8 Å². The summed E-state index contributed by atoms with van der Waals surface area (Å²) in [6.07, 6.45) is 4.15. The van der Waals surface area contributed by atoms with Gasteiger partial charge in [-0.15, -0.1) is 0 Å². The van der Waals surface area contributed by atoms with E-state index < -0.39 is 0 Å². The number of piperidine rings is 1. The van der Waals surface area contributed by atoms with Crippen LogP contribution in [0.5, 0.6) is 0 Å². The van der Waals surface area contributed by atoms with Crippen LogP contribution in [0.3, 0.4) is 0 Å². The van der Waals surface area contributed by atoms with E-state index in [-0.39, 0.29) is 0 Å². The molecule has 2 nitrogen and oxygen atoms in total. The minimum Gasteiger partial charge on any atom is -0.319 e. The van der Waals surface area contributed by atoms with Gasteiger partial charge in [-0.2, -0.15) is 11.8 Å². The van der Waals surface area contributed by atoms with Gasteiger partial charge in [0.1, 0.15) is 0 Å².